The summed E-state index contributed by atoms with van der Waals surface area (Å²) in [4.78, 5) is 4.31. The second kappa shape index (κ2) is 10.1. The minimum Gasteiger partial charge on any atom is -0.384 e. The monoisotopic (exact) mass is 469 g/mol. The lowest BCUT2D eigenvalue weighted by Gasteiger charge is -2.21. The van der Waals surface area contributed by atoms with Gasteiger partial charge < -0.3 is 10.1 Å². The number of methoxy groups -OCH3 is 1. The number of aromatic nitrogens is 3. The van der Waals surface area contributed by atoms with Crippen molar-refractivity contribution in [1.82, 2.24) is 19.9 Å². The van der Waals surface area contributed by atoms with Crippen molar-refractivity contribution < 1.29 is 17.5 Å². The molecule has 0 saturated heterocycles. The van der Waals surface area contributed by atoms with Gasteiger partial charge in [-0.1, -0.05) is 36.4 Å². The summed E-state index contributed by atoms with van der Waals surface area (Å²) in [6.45, 7) is 0.263. The van der Waals surface area contributed by atoms with Gasteiger partial charge in [-0.05, 0) is 29.3 Å². The highest BCUT2D eigenvalue weighted by atomic mass is 32.2. The number of benzene rings is 2. The fourth-order valence-corrected chi connectivity index (χ4v) is 4.40. The summed E-state index contributed by atoms with van der Waals surface area (Å²) in [5, 5.41) is 10.0. The number of anilines is 1. The summed E-state index contributed by atoms with van der Waals surface area (Å²) in [5.41, 5.74) is 3.80. The maximum atomic E-state index is 13.9. The number of pyridine rings is 1. The molecule has 10 heteroatoms. The van der Waals surface area contributed by atoms with Crippen molar-refractivity contribution in [2.45, 2.75) is 6.04 Å². The van der Waals surface area contributed by atoms with Crippen molar-refractivity contribution >= 4 is 26.6 Å². The number of nitrogens with one attached hydrogen (secondary N) is 3. The third-order valence-corrected chi connectivity index (χ3v) is 6.50. The molecular weight excluding hydrogens is 445 g/mol. The Kier molecular flexibility index (Phi) is 6.97. The number of nitrogens with zero attached hydrogens (tertiary/aromatic N) is 2. The van der Waals surface area contributed by atoms with E-state index in [0.29, 0.717) is 16.6 Å². The van der Waals surface area contributed by atoms with Gasteiger partial charge in [0.1, 0.15) is 0 Å². The van der Waals surface area contributed by atoms with E-state index in [4.69, 9.17) is 4.74 Å². The van der Waals surface area contributed by atoms with E-state index in [0.717, 1.165) is 16.7 Å². The Morgan fingerprint density at radius 3 is 2.70 bits per heavy atom. The number of rotatable bonds is 10. The van der Waals surface area contributed by atoms with Crippen molar-refractivity contribution in [3.05, 3.63) is 78.5 Å². The SMILES string of the molecule is COCCS(=O)(=O)NC[C@H](Nc1cncc(-c2ccc3[nH]nc(F)c3c2)c1)c1ccccc1. The summed E-state index contributed by atoms with van der Waals surface area (Å²) in [6, 6.07) is 16.4. The van der Waals surface area contributed by atoms with E-state index in [2.05, 4.69) is 25.2 Å². The zero-order chi connectivity index (χ0) is 23.3. The largest absolute Gasteiger partial charge is 0.384 e. The van der Waals surface area contributed by atoms with Crippen molar-refractivity contribution in [1.29, 1.82) is 0 Å². The number of hydrogen-bond acceptors (Lipinski definition) is 6. The first-order valence-electron chi connectivity index (χ1n) is 10.3. The van der Waals surface area contributed by atoms with E-state index in [1.165, 1.54) is 7.11 Å². The van der Waals surface area contributed by atoms with Gasteiger partial charge in [0.25, 0.3) is 0 Å². The number of halogens is 1. The van der Waals surface area contributed by atoms with Gasteiger partial charge in [0.05, 0.1) is 35.0 Å². The third-order valence-electron chi connectivity index (χ3n) is 5.19. The fourth-order valence-electron chi connectivity index (χ4n) is 3.45. The van der Waals surface area contributed by atoms with Crippen LogP contribution < -0.4 is 10.0 Å². The fraction of sp³-hybridized carbons (Fsp3) is 0.217. The highest BCUT2D eigenvalue weighted by Crippen LogP contribution is 2.27. The minimum absolute atomic E-state index is 0.116. The molecule has 0 bridgehead atoms. The maximum absolute atomic E-state index is 13.9. The molecule has 0 amide bonds. The van der Waals surface area contributed by atoms with Gasteiger partial charge >= 0.3 is 0 Å². The number of aromatic amines is 1. The summed E-state index contributed by atoms with van der Waals surface area (Å²) < 4.78 is 45.9. The van der Waals surface area contributed by atoms with Crippen LogP contribution in [0.25, 0.3) is 22.0 Å². The summed E-state index contributed by atoms with van der Waals surface area (Å²) in [6.07, 6.45) is 3.35. The molecule has 0 fully saturated rings. The molecule has 4 aromatic rings. The van der Waals surface area contributed by atoms with Crippen LogP contribution in [-0.4, -0.2) is 49.6 Å². The van der Waals surface area contributed by atoms with Gasteiger partial charge in [-0.25, -0.2) is 13.1 Å². The average Bonchev–Trinajstić information content (AvgIpc) is 3.21. The highest BCUT2D eigenvalue weighted by molar-refractivity contribution is 7.89. The van der Waals surface area contributed by atoms with Crippen LogP contribution in [0, 0.1) is 5.95 Å². The van der Waals surface area contributed by atoms with Gasteiger partial charge in [-0.2, -0.15) is 4.39 Å². The first kappa shape index (κ1) is 22.8. The van der Waals surface area contributed by atoms with Gasteiger partial charge in [0, 0.05) is 31.6 Å². The molecule has 2 aromatic carbocycles. The highest BCUT2D eigenvalue weighted by Gasteiger charge is 2.17. The smallest absolute Gasteiger partial charge is 0.240 e. The molecule has 4 rings (SSSR count). The van der Waals surface area contributed by atoms with E-state index in [-0.39, 0.29) is 24.9 Å². The Balaban J connectivity index is 1.57. The predicted molar refractivity (Wildman–Crippen MR) is 126 cm³/mol. The van der Waals surface area contributed by atoms with Crippen LogP contribution in [0.3, 0.4) is 0 Å². The molecular formula is C23H24FN5O3S. The molecule has 0 saturated carbocycles. The zero-order valence-electron chi connectivity index (χ0n) is 18.0. The molecule has 2 aromatic heterocycles. The van der Waals surface area contributed by atoms with E-state index >= 15 is 0 Å². The number of hydrogen-bond donors (Lipinski definition) is 3. The Morgan fingerprint density at radius 1 is 1.09 bits per heavy atom. The standard InChI is InChI=1S/C23H24FN5O3S/c1-32-9-10-33(30,31)26-15-22(16-5-3-2-4-6-16)27-19-11-18(13-25-14-19)17-7-8-21-20(12-17)23(24)29-28-21/h2-8,11-14,22,26-27H,9-10,15H2,1H3,(H,28,29)/t22-/m0/s1. The zero-order valence-corrected chi connectivity index (χ0v) is 18.8. The lowest BCUT2D eigenvalue weighted by Crippen LogP contribution is -2.34. The van der Waals surface area contributed by atoms with E-state index in [9.17, 15) is 12.8 Å². The van der Waals surface area contributed by atoms with Crippen LogP contribution in [0.15, 0.2) is 67.0 Å². The molecule has 3 N–H and O–H groups in total. The average molecular weight is 470 g/mol. The molecule has 0 aliphatic heterocycles. The Hall–Kier alpha value is -3.34. The van der Waals surface area contributed by atoms with Crippen LogP contribution in [-0.2, 0) is 14.8 Å². The Morgan fingerprint density at radius 2 is 1.91 bits per heavy atom. The van der Waals surface area contributed by atoms with Crippen molar-refractivity contribution in [3.63, 3.8) is 0 Å². The van der Waals surface area contributed by atoms with Crippen molar-refractivity contribution in [3.8, 4) is 11.1 Å². The van der Waals surface area contributed by atoms with Gasteiger partial charge in [0.15, 0.2) is 0 Å². The molecule has 2 heterocycles. The molecule has 172 valence electrons. The molecule has 0 aliphatic carbocycles. The van der Waals surface area contributed by atoms with Crippen LogP contribution in [0.4, 0.5) is 10.1 Å². The van der Waals surface area contributed by atoms with E-state index in [1.807, 2.05) is 42.5 Å². The molecule has 33 heavy (non-hydrogen) atoms. The van der Waals surface area contributed by atoms with Crippen molar-refractivity contribution in [2.24, 2.45) is 0 Å². The molecule has 0 radical (unpaired) electrons. The topological polar surface area (TPSA) is 109 Å². The second-order valence-corrected chi connectivity index (χ2v) is 9.43. The quantitative estimate of drug-likeness (QED) is 0.328. The minimum atomic E-state index is -3.48. The predicted octanol–water partition coefficient (Wildman–Crippen LogP) is 3.48. The molecule has 0 spiro atoms. The van der Waals surface area contributed by atoms with Gasteiger partial charge in [0.2, 0.25) is 16.0 Å². The first-order chi connectivity index (χ1) is 15.9. The molecule has 0 unspecified atom stereocenters. The third kappa shape index (κ3) is 5.72. The number of ether oxygens (including phenoxy) is 1. The molecule has 1 atom stereocenters. The van der Waals surface area contributed by atoms with E-state index in [1.54, 1.807) is 24.5 Å². The van der Waals surface area contributed by atoms with Crippen LogP contribution in [0.1, 0.15) is 11.6 Å². The number of sulfonamides is 1. The number of fused-ring (bicyclic) bond motifs is 1. The van der Waals surface area contributed by atoms with Gasteiger partial charge in [-0.3, -0.25) is 10.1 Å². The normalized spacial score (nSPS) is 12.7. The van der Waals surface area contributed by atoms with Gasteiger partial charge in [-0.15, -0.1) is 5.10 Å². The van der Waals surface area contributed by atoms with Crippen LogP contribution in [0.5, 0.6) is 0 Å². The number of H-pyrrole nitrogens is 1. The first-order valence-corrected chi connectivity index (χ1v) is 12.0. The summed E-state index contributed by atoms with van der Waals surface area (Å²) >= 11 is 0. The van der Waals surface area contributed by atoms with Crippen LogP contribution in [0.2, 0.25) is 0 Å². The summed E-state index contributed by atoms with van der Waals surface area (Å²) in [7, 11) is -2.02. The molecule has 8 nitrogen and oxygen atoms in total. The van der Waals surface area contributed by atoms with Crippen LogP contribution >= 0.6 is 0 Å². The lowest BCUT2D eigenvalue weighted by molar-refractivity contribution is 0.217. The lowest BCUT2D eigenvalue weighted by atomic mass is 10.0. The summed E-state index contributed by atoms with van der Waals surface area (Å²) in [5.74, 6) is -0.672. The Labute approximate surface area is 191 Å². The van der Waals surface area contributed by atoms with E-state index < -0.39 is 16.0 Å². The maximum Gasteiger partial charge on any atom is 0.240 e. The second-order valence-electron chi connectivity index (χ2n) is 7.50. The Bertz CT molecular complexity index is 1330. The molecule has 0 aliphatic rings. The van der Waals surface area contributed by atoms with Crippen molar-refractivity contribution in [2.75, 3.05) is 31.3 Å².